The Morgan fingerprint density at radius 3 is 1.73 bits per heavy atom. The zero-order chi connectivity index (χ0) is 21.8. The van der Waals surface area contributed by atoms with Crippen LogP contribution in [0.1, 0.15) is 10.4 Å². The van der Waals surface area contributed by atoms with Crippen molar-refractivity contribution in [2.45, 2.75) is 9.58 Å². The van der Waals surface area contributed by atoms with E-state index >= 15 is 0 Å². The van der Waals surface area contributed by atoms with E-state index in [0.717, 1.165) is 0 Å². The Hall–Kier alpha value is -1.97. The van der Waals surface area contributed by atoms with E-state index in [1.807, 2.05) is 0 Å². The second-order valence-electron chi connectivity index (χ2n) is 6.48. The van der Waals surface area contributed by atoms with Crippen LogP contribution in [0.2, 0.25) is 0 Å². The smallest absolute Gasteiger partial charge is 0.252 e. The summed E-state index contributed by atoms with van der Waals surface area (Å²) < 4.78 is 17.6. The van der Waals surface area contributed by atoms with Crippen LogP contribution >= 0.6 is 41.9 Å². The van der Waals surface area contributed by atoms with Crippen LogP contribution in [0, 0.1) is 0 Å². The Morgan fingerprint density at radius 2 is 1.33 bits per heavy atom. The van der Waals surface area contributed by atoms with Gasteiger partial charge in [0, 0.05) is 16.2 Å². The molecule has 8 heteroatoms. The molecule has 0 fully saturated rings. The summed E-state index contributed by atoms with van der Waals surface area (Å²) in [6.45, 7) is 0. The van der Waals surface area contributed by atoms with Crippen LogP contribution < -0.4 is 20.7 Å². The molecule has 0 aromatic heterocycles. The lowest BCUT2D eigenvalue weighted by Gasteiger charge is -2.34. The van der Waals surface area contributed by atoms with Gasteiger partial charge in [0.15, 0.2) is 7.14 Å². The molecule has 1 N–H and O–H groups in total. The third-order valence-corrected chi connectivity index (χ3v) is 9.06. The Kier molecular flexibility index (Phi) is 7.15. The van der Waals surface area contributed by atoms with Crippen molar-refractivity contribution in [1.29, 1.82) is 0 Å². The summed E-state index contributed by atoms with van der Waals surface area (Å²) in [5.41, 5.74) is 0.322. The number of amides is 1. The molecule has 1 amide bonds. The van der Waals surface area contributed by atoms with Gasteiger partial charge in [0.2, 0.25) is 3.79 Å². The van der Waals surface area contributed by atoms with Gasteiger partial charge in [-0.1, -0.05) is 95.5 Å². The monoisotopic (exact) mass is 481 g/mol. The van der Waals surface area contributed by atoms with Crippen LogP contribution in [0.15, 0.2) is 84.9 Å². The van der Waals surface area contributed by atoms with Gasteiger partial charge in [0.1, 0.15) is 11.5 Å². The highest BCUT2D eigenvalue weighted by Crippen LogP contribution is 2.55. The third-order valence-electron chi connectivity index (χ3n) is 4.57. The van der Waals surface area contributed by atoms with Gasteiger partial charge in [0.05, 0.1) is 7.11 Å². The number of nitrogens with one attached hydrogen (secondary N) is 1. The number of methoxy groups -OCH3 is 1. The molecule has 3 rings (SSSR count). The van der Waals surface area contributed by atoms with Crippen molar-refractivity contribution in [1.82, 2.24) is 5.32 Å². The van der Waals surface area contributed by atoms with Gasteiger partial charge in [-0.05, 0) is 24.3 Å². The number of ether oxygens (including phenoxy) is 1. The van der Waals surface area contributed by atoms with E-state index < -0.39 is 22.6 Å². The summed E-state index contributed by atoms with van der Waals surface area (Å²) in [7, 11) is -2.07. The van der Waals surface area contributed by atoms with E-state index in [2.05, 4.69) is 5.32 Å². The van der Waals surface area contributed by atoms with Gasteiger partial charge in [-0.2, -0.15) is 0 Å². The minimum Gasteiger partial charge on any atom is -0.497 e. The fourth-order valence-electron chi connectivity index (χ4n) is 3.07. The maximum absolute atomic E-state index is 14.5. The van der Waals surface area contributed by atoms with Crippen molar-refractivity contribution in [3.8, 4) is 5.75 Å². The topological polar surface area (TPSA) is 55.4 Å². The maximum atomic E-state index is 14.5. The lowest BCUT2D eigenvalue weighted by atomic mass is 10.2. The lowest BCUT2D eigenvalue weighted by molar-refractivity contribution is 0.0948. The van der Waals surface area contributed by atoms with Gasteiger partial charge in [-0.3, -0.25) is 4.79 Å². The Morgan fingerprint density at radius 1 is 0.867 bits per heavy atom. The second-order valence-corrected chi connectivity index (χ2v) is 11.7. The summed E-state index contributed by atoms with van der Waals surface area (Å²) in [5.74, 6) is -1.21. The minimum absolute atomic E-state index is 0.322. The van der Waals surface area contributed by atoms with Gasteiger partial charge < -0.3 is 14.6 Å². The molecule has 0 saturated carbocycles. The van der Waals surface area contributed by atoms with Crippen LogP contribution in [0.4, 0.5) is 0 Å². The first-order valence-electron chi connectivity index (χ1n) is 8.99. The van der Waals surface area contributed by atoms with Crippen molar-refractivity contribution in [3.63, 3.8) is 0 Å². The van der Waals surface area contributed by atoms with E-state index in [1.165, 1.54) is 7.11 Å². The van der Waals surface area contributed by atoms with Crippen LogP contribution in [0.5, 0.6) is 5.75 Å². The molecule has 0 saturated heterocycles. The van der Waals surface area contributed by atoms with Gasteiger partial charge in [-0.15, -0.1) is 0 Å². The number of benzene rings is 3. The molecule has 0 aliphatic rings. The highest BCUT2D eigenvalue weighted by Gasteiger charge is 2.49. The summed E-state index contributed by atoms with van der Waals surface area (Å²) in [6.07, 6.45) is 0. The molecule has 4 nitrogen and oxygen atoms in total. The normalized spacial score (nSPS) is 12.8. The lowest BCUT2D eigenvalue weighted by Crippen LogP contribution is -2.47. The number of hydrogen-bond acceptors (Lipinski definition) is 3. The summed E-state index contributed by atoms with van der Waals surface area (Å²) in [4.78, 5) is 13.0. The third kappa shape index (κ3) is 4.84. The molecule has 0 aliphatic heterocycles. The molecule has 1 atom stereocenters. The Balaban J connectivity index is 2.09. The van der Waals surface area contributed by atoms with Crippen LogP contribution in [-0.4, -0.2) is 22.6 Å². The van der Waals surface area contributed by atoms with Crippen LogP contribution in [0.25, 0.3) is 0 Å². The standard InChI is InChI=1S/C22H19Cl3NO3P/c1-29-17-14-12-16(13-15-17)20(27)26-21(22(23,24)25)30(28,18-8-4-2-5-9-18)19-10-6-3-7-11-19/h2-15,21H,1H3,(H,26,27)/t21-/m0/s1. The molecule has 0 radical (unpaired) electrons. The first kappa shape index (κ1) is 22.7. The average molecular weight is 483 g/mol. The van der Waals surface area contributed by atoms with Crippen LogP contribution in [0.3, 0.4) is 0 Å². The molecule has 0 heterocycles. The van der Waals surface area contributed by atoms with Gasteiger partial charge >= 0.3 is 0 Å². The molecule has 30 heavy (non-hydrogen) atoms. The summed E-state index contributed by atoms with van der Waals surface area (Å²) in [5, 5.41) is 3.66. The Bertz CT molecular complexity index is 995. The predicted octanol–water partition coefficient (Wildman–Crippen LogP) is 5.14. The van der Waals surface area contributed by atoms with Crippen LogP contribution in [-0.2, 0) is 4.57 Å². The van der Waals surface area contributed by atoms with E-state index in [1.54, 1.807) is 84.9 Å². The second kappa shape index (κ2) is 9.45. The molecule has 0 unspecified atom stereocenters. The Labute approximate surface area is 190 Å². The van der Waals surface area contributed by atoms with Gasteiger partial charge in [0.25, 0.3) is 5.91 Å². The largest absolute Gasteiger partial charge is 0.497 e. The van der Waals surface area contributed by atoms with Crippen molar-refractivity contribution < 1.29 is 14.1 Å². The SMILES string of the molecule is COc1ccc(C(=O)N[C@H](C(Cl)(Cl)Cl)P(=O)(c2ccccc2)c2ccccc2)cc1. The average Bonchev–Trinajstić information content (AvgIpc) is 2.77. The van der Waals surface area contributed by atoms with E-state index in [9.17, 15) is 9.36 Å². The quantitative estimate of drug-likeness (QED) is 0.391. The highest BCUT2D eigenvalue weighted by atomic mass is 35.6. The molecular weight excluding hydrogens is 464 g/mol. The number of rotatable bonds is 6. The predicted molar refractivity (Wildman–Crippen MR) is 124 cm³/mol. The fourth-order valence-corrected chi connectivity index (χ4v) is 7.31. The zero-order valence-corrected chi connectivity index (χ0v) is 19.1. The highest BCUT2D eigenvalue weighted by molar-refractivity contribution is 7.79. The van der Waals surface area contributed by atoms with Crippen molar-refractivity contribution in [2.24, 2.45) is 0 Å². The number of hydrogen-bond donors (Lipinski definition) is 1. The summed E-state index contributed by atoms with van der Waals surface area (Å²) in [6, 6.07) is 23.9. The molecule has 0 aliphatic carbocycles. The number of carbonyl (C=O) groups is 1. The van der Waals surface area contributed by atoms with Crippen molar-refractivity contribution in [2.75, 3.05) is 7.11 Å². The minimum atomic E-state index is -3.60. The fraction of sp³-hybridized carbons (Fsp3) is 0.136. The first-order valence-corrected chi connectivity index (χ1v) is 11.9. The maximum Gasteiger partial charge on any atom is 0.252 e. The van der Waals surface area contributed by atoms with Crippen molar-refractivity contribution >= 4 is 58.5 Å². The summed E-state index contributed by atoms with van der Waals surface area (Å²) >= 11 is 18.9. The molecule has 156 valence electrons. The van der Waals surface area contributed by atoms with Crippen molar-refractivity contribution in [3.05, 3.63) is 90.5 Å². The molecule has 3 aromatic rings. The zero-order valence-electron chi connectivity index (χ0n) is 16.0. The van der Waals surface area contributed by atoms with E-state index in [4.69, 9.17) is 39.5 Å². The molecule has 0 bridgehead atoms. The first-order chi connectivity index (χ1) is 14.3. The molecular formula is C22H19Cl3NO3P. The molecule has 3 aromatic carbocycles. The number of alkyl halides is 3. The number of halogens is 3. The van der Waals surface area contributed by atoms with E-state index in [0.29, 0.717) is 21.9 Å². The molecule has 0 spiro atoms. The number of carbonyl (C=O) groups excluding carboxylic acids is 1. The van der Waals surface area contributed by atoms with Gasteiger partial charge in [-0.25, -0.2) is 0 Å². The van der Waals surface area contributed by atoms with E-state index in [-0.39, 0.29) is 0 Å².